The first-order valence-corrected chi connectivity index (χ1v) is 11.4. The monoisotopic (exact) mass is 475 g/mol. The summed E-state index contributed by atoms with van der Waals surface area (Å²) < 4.78 is 22.0. The number of nitrogens with zero attached hydrogens (tertiary/aromatic N) is 3. The lowest BCUT2D eigenvalue weighted by atomic mass is 9.98. The number of ether oxygens (including phenoxy) is 3. The van der Waals surface area contributed by atoms with E-state index >= 15 is 0 Å². The van der Waals surface area contributed by atoms with E-state index in [1.807, 2.05) is 48.5 Å². The van der Waals surface area contributed by atoms with E-state index in [9.17, 15) is 9.59 Å². The van der Waals surface area contributed by atoms with E-state index in [1.165, 1.54) is 7.05 Å². The molecule has 35 heavy (non-hydrogen) atoms. The maximum Gasteiger partial charge on any atom is 0.331 e. The zero-order valence-corrected chi connectivity index (χ0v) is 20.8. The number of benzene rings is 2. The topological polar surface area (TPSA) is 76.6 Å². The Bertz CT molecular complexity index is 1540. The molecule has 0 saturated carbocycles. The first kappa shape index (κ1) is 23.0. The highest BCUT2D eigenvalue weighted by Gasteiger charge is 2.40. The van der Waals surface area contributed by atoms with Gasteiger partial charge in [-0.1, -0.05) is 12.1 Å². The first-order valence-electron chi connectivity index (χ1n) is 11.4. The third-order valence-electron chi connectivity index (χ3n) is 6.85. The largest absolute Gasteiger partial charge is 0.497 e. The van der Waals surface area contributed by atoms with Gasteiger partial charge < -0.3 is 18.8 Å². The summed E-state index contributed by atoms with van der Waals surface area (Å²) in [6, 6.07) is 15.3. The Morgan fingerprint density at radius 3 is 2.03 bits per heavy atom. The van der Waals surface area contributed by atoms with Crippen molar-refractivity contribution in [1.82, 2.24) is 13.7 Å². The van der Waals surface area contributed by atoms with Crippen LogP contribution in [0.25, 0.3) is 22.2 Å². The minimum absolute atomic E-state index is 0.333. The molecule has 0 amide bonds. The summed E-state index contributed by atoms with van der Waals surface area (Å²) in [6.07, 6.45) is -0.471. The van der Waals surface area contributed by atoms with Crippen LogP contribution in [0.5, 0.6) is 11.5 Å². The van der Waals surface area contributed by atoms with E-state index in [4.69, 9.17) is 14.2 Å². The van der Waals surface area contributed by atoms with Crippen LogP contribution >= 0.6 is 0 Å². The fourth-order valence-electron chi connectivity index (χ4n) is 5.05. The summed E-state index contributed by atoms with van der Waals surface area (Å²) in [5.41, 5.74) is 2.71. The van der Waals surface area contributed by atoms with Crippen LogP contribution in [0.3, 0.4) is 0 Å². The quantitative estimate of drug-likeness (QED) is 0.451. The van der Waals surface area contributed by atoms with Crippen LogP contribution < -0.4 is 20.7 Å². The maximum absolute atomic E-state index is 13.6. The maximum atomic E-state index is 13.6. The van der Waals surface area contributed by atoms with Gasteiger partial charge in [-0.2, -0.15) is 0 Å². The molecular weight excluding hydrogens is 446 g/mol. The summed E-state index contributed by atoms with van der Waals surface area (Å²) in [6.45, 7) is 4.58. The van der Waals surface area contributed by atoms with Crippen LogP contribution in [-0.2, 0) is 24.4 Å². The van der Waals surface area contributed by atoms with Crippen molar-refractivity contribution in [2.45, 2.75) is 25.5 Å². The molecule has 0 unspecified atom stereocenters. The van der Waals surface area contributed by atoms with E-state index < -0.39 is 11.6 Å². The molecule has 0 aliphatic carbocycles. The third-order valence-corrected chi connectivity index (χ3v) is 6.85. The van der Waals surface area contributed by atoms with Crippen LogP contribution in [0.1, 0.15) is 31.2 Å². The normalized spacial score (nSPS) is 16.8. The van der Waals surface area contributed by atoms with Gasteiger partial charge in [-0.25, -0.2) is 4.79 Å². The van der Waals surface area contributed by atoms with E-state index in [2.05, 4.69) is 18.4 Å². The van der Waals surface area contributed by atoms with Gasteiger partial charge in [-0.15, -0.1) is 0 Å². The molecule has 1 atom stereocenters. The molecule has 0 bridgehead atoms. The van der Waals surface area contributed by atoms with Crippen LogP contribution in [0.15, 0.2) is 58.1 Å². The van der Waals surface area contributed by atoms with Crippen molar-refractivity contribution in [3.8, 4) is 22.8 Å². The van der Waals surface area contributed by atoms with Crippen molar-refractivity contribution in [3.05, 3.63) is 80.6 Å². The highest BCUT2D eigenvalue weighted by Crippen LogP contribution is 2.45. The second-order valence-electron chi connectivity index (χ2n) is 9.50. The highest BCUT2D eigenvalue weighted by atomic mass is 16.5. The Kier molecular flexibility index (Phi) is 5.36. The SMILES string of the molecule is COc1ccc(-c2c3c(=O)n(C)c(=O)n(C)c3c3n2C(C)(C)CO[C@@H]3c2ccc(OC)cc2)cc1. The molecule has 2 aromatic heterocycles. The molecule has 5 rings (SSSR count). The molecule has 0 radical (unpaired) electrons. The van der Waals surface area contributed by atoms with E-state index in [0.717, 1.165) is 38.6 Å². The second kappa shape index (κ2) is 8.16. The van der Waals surface area contributed by atoms with Crippen molar-refractivity contribution >= 4 is 10.9 Å². The molecule has 1 aliphatic rings. The second-order valence-corrected chi connectivity index (χ2v) is 9.50. The van der Waals surface area contributed by atoms with Gasteiger partial charge in [-0.05, 0) is 61.4 Å². The number of fused-ring (bicyclic) bond motifs is 3. The summed E-state index contributed by atoms with van der Waals surface area (Å²) in [5.74, 6) is 1.47. The third kappa shape index (κ3) is 3.39. The molecule has 4 aromatic rings. The fourth-order valence-corrected chi connectivity index (χ4v) is 5.05. The zero-order valence-electron chi connectivity index (χ0n) is 20.8. The van der Waals surface area contributed by atoms with Crippen molar-refractivity contribution in [1.29, 1.82) is 0 Å². The molecule has 8 heteroatoms. The molecule has 1 aliphatic heterocycles. The highest BCUT2D eigenvalue weighted by molar-refractivity contribution is 5.97. The van der Waals surface area contributed by atoms with E-state index in [0.29, 0.717) is 17.5 Å². The van der Waals surface area contributed by atoms with Crippen molar-refractivity contribution < 1.29 is 14.2 Å². The molecule has 2 aromatic carbocycles. The van der Waals surface area contributed by atoms with Gasteiger partial charge >= 0.3 is 5.69 Å². The summed E-state index contributed by atoms with van der Waals surface area (Å²) in [7, 11) is 6.46. The molecular formula is C27H29N3O5. The Balaban J connectivity index is 1.94. The molecule has 3 heterocycles. The van der Waals surface area contributed by atoms with Crippen molar-refractivity contribution in [2.24, 2.45) is 14.1 Å². The van der Waals surface area contributed by atoms with Crippen LogP contribution in [0, 0.1) is 0 Å². The number of hydrogen-bond donors (Lipinski definition) is 0. The predicted octanol–water partition coefficient (Wildman–Crippen LogP) is 3.58. The van der Waals surface area contributed by atoms with Gasteiger partial charge in [0.15, 0.2) is 0 Å². The molecule has 0 saturated heterocycles. The Morgan fingerprint density at radius 1 is 0.886 bits per heavy atom. The molecule has 0 fully saturated rings. The van der Waals surface area contributed by atoms with Gasteiger partial charge in [-0.3, -0.25) is 13.9 Å². The lowest BCUT2D eigenvalue weighted by Crippen LogP contribution is -2.40. The summed E-state index contributed by atoms with van der Waals surface area (Å²) in [5, 5.41) is 0.492. The average Bonchev–Trinajstić information content (AvgIpc) is 3.24. The van der Waals surface area contributed by atoms with E-state index in [1.54, 1.807) is 25.8 Å². The molecule has 8 nitrogen and oxygen atoms in total. The molecule has 182 valence electrons. The van der Waals surface area contributed by atoms with Crippen LogP contribution in [0.2, 0.25) is 0 Å². The van der Waals surface area contributed by atoms with Gasteiger partial charge in [0.05, 0.1) is 48.7 Å². The Morgan fingerprint density at radius 2 is 1.46 bits per heavy atom. The number of hydrogen-bond acceptors (Lipinski definition) is 5. The standard InChI is InChI=1S/C27H29N3O5/c1-27(2)15-35-24(17-9-13-19(34-6)14-10-17)23-22-20(25(31)29(4)26(32)28(22)3)21(30(23)27)16-7-11-18(33-5)12-8-16/h7-14,24H,15H2,1-6H3/t24-/m1/s1. The molecule has 0 N–H and O–H groups in total. The smallest absolute Gasteiger partial charge is 0.331 e. The minimum Gasteiger partial charge on any atom is -0.497 e. The van der Waals surface area contributed by atoms with Gasteiger partial charge in [0.25, 0.3) is 5.56 Å². The molecule has 0 spiro atoms. The lowest BCUT2D eigenvalue weighted by molar-refractivity contribution is -0.00708. The number of rotatable bonds is 4. The lowest BCUT2D eigenvalue weighted by Gasteiger charge is -2.39. The van der Waals surface area contributed by atoms with E-state index in [-0.39, 0.29) is 11.2 Å². The summed E-state index contributed by atoms with van der Waals surface area (Å²) in [4.78, 5) is 26.7. The van der Waals surface area contributed by atoms with Crippen molar-refractivity contribution in [2.75, 3.05) is 20.8 Å². The number of aromatic nitrogens is 3. The number of methoxy groups -OCH3 is 2. The van der Waals surface area contributed by atoms with Gasteiger partial charge in [0, 0.05) is 14.1 Å². The first-order chi connectivity index (χ1) is 16.7. The summed E-state index contributed by atoms with van der Waals surface area (Å²) >= 11 is 0. The zero-order chi connectivity index (χ0) is 25.1. The average molecular weight is 476 g/mol. The van der Waals surface area contributed by atoms with Crippen molar-refractivity contribution in [3.63, 3.8) is 0 Å². The van der Waals surface area contributed by atoms with Crippen LogP contribution in [-0.4, -0.2) is 34.5 Å². The number of aryl methyl sites for hydroxylation is 1. The van der Waals surface area contributed by atoms with Crippen LogP contribution in [0.4, 0.5) is 0 Å². The Labute approximate surface area is 202 Å². The van der Waals surface area contributed by atoms with Gasteiger partial charge in [0.2, 0.25) is 0 Å². The predicted molar refractivity (Wildman–Crippen MR) is 135 cm³/mol. The minimum atomic E-state index is -0.479. The van der Waals surface area contributed by atoms with Gasteiger partial charge in [0.1, 0.15) is 17.6 Å². The Hall–Kier alpha value is -3.78. The fraction of sp³-hybridized carbons (Fsp3) is 0.333.